The highest BCUT2D eigenvalue weighted by Gasteiger charge is 2.42. The lowest BCUT2D eigenvalue weighted by atomic mass is 9.85. The predicted octanol–water partition coefficient (Wildman–Crippen LogP) is 10.0. The monoisotopic (exact) mass is 1490 g/mol. The molecule has 4 aromatic rings. The largest absolute Gasteiger partial charge is 0.445 e. The molecule has 1 aliphatic carbocycles. The SMILES string of the molecule is Cc1ccc(COC(=O)N[C@@H](CCC(C)(C)C)C(=O)C[C@@H](CCCCN(C)C)C(=O)N[C@@H](CC2=CCc3ccccc32)C(=O)CCC(=O)N2CCC[C@H]2C(=O)CC(CCCCNC(=O)C2CSCN2C(=O)OCc2ccc(C)cc2)C(=O)N[C@@H](CC(=O)CCc2ccccc2)C(=O)N2CCC[C@H]2C(N)=O)cc1. The van der Waals surface area contributed by atoms with Gasteiger partial charge in [-0.3, -0.25) is 52.8 Å². The Bertz CT molecular complexity index is 3770. The number of ketones is 4. The Labute approximate surface area is 634 Å². The van der Waals surface area contributed by atoms with Gasteiger partial charge in [0.2, 0.25) is 35.4 Å². The van der Waals surface area contributed by atoms with Crippen LogP contribution >= 0.6 is 11.8 Å². The number of nitrogens with two attached hydrogens (primary N) is 1. The van der Waals surface area contributed by atoms with Gasteiger partial charge in [0.25, 0.3) is 0 Å². The molecule has 3 aliphatic heterocycles. The van der Waals surface area contributed by atoms with Crippen LogP contribution in [0.1, 0.15) is 182 Å². The molecule has 4 aromatic carbocycles. The van der Waals surface area contributed by atoms with Crippen LogP contribution in [-0.4, -0.2) is 179 Å². The van der Waals surface area contributed by atoms with E-state index in [2.05, 4.69) is 21.3 Å². The zero-order chi connectivity index (χ0) is 77.2. The molecule has 0 spiro atoms. The van der Waals surface area contributed by atoms with Gasteiger partial charge in [0, 0.05) is 82.2 Å². The van der Waals surface area contributed by atoms with Crippen molar-refractivity contribution in [2.45, 2.75) is 219 Å². The molecule has 3 fully saturated rings. The van der Waals surface area contributed by atoms with E-state index in [0.717, 1.165) is 57.5 Å². The molecule has 0 bridgehead atoms. The maximum absolute atomic E-state index is 15.0. The van der Waals surface area contributed by atoms with Crippen molar-refractivity contribution in [2.75, 3.05) is 51.9 Å². The Morgan fingerprint density at radius 1 is 0.607 bits per heavy atom. The quantitative estimate of drug-likeness (QED) is 0.0258. The minimum Gasteiger partial charge on any atom is -0.445 e. The van der Waals surface area contributed by atoms with E-state index >= 15 is 0 Å². The molecule has 8 amide bonds. The van der Waals surface area contributed by atoms with Crippen LogP contribution in [0.5, 0.6) is 0 Å². The minimum absolute atomic E-state index is 0.00838. The van der Waals surface area contributed by atoms with Crippen molar-refractivity contribution in [3.05, 3.63) is 148 Å². The average molecular weight is 1490 g/mol. The normalized spacial score (nSPS) is 17.6. The number of rotatable bonds is 41. The number of Topliss-reactive ketones (excluding diaryl/α,β-unsaturated/α-hetero) is 4. The number of benzene rings is 4. The summed E-state index contributed by atoms with van der Waals surface area (Å²) in [7, 11) is 3.90. The van der Waals surface area contributed by atoms with Gasteiger partial charge in [-0.2, -0.15) is 0 Å². The van der Waals surface area contributed by atoms with Crippen molar-refractivity contribution in [1.82, 2.24) is 40.9 Å². The van der Waals surface area contributed by atoms with Gasteiger partial charge in [-0.1, -0.05) is 154 Å². The number of hydrogen-bond acceptors (Lipinski definition) is 16. The van der Waals surface area contributed by atoms with Crippen molar-refractivity contribution in [3.63, 3.8) is 0 Å². The van der Waals surface area contributed by atoms with E-state index in [9.17, 15) is 57.5 Å². The first kappa shape index (κ1) is 83.6. The van der Waals surface area contributed by atoms with Crippen LogP contribution in [0.4, 0.5) is 9.59 Å². The van der Waals surface area contributed by atoms with Crippen molar-refractivity contribution < 1.29 is 67.0 Å². The van der Waals surface area contributed by atoms with E-state index in [1.807, 2.05) is 163 Å². The second kappa shape index (κ2) is 41.3. The molecule has 4 aliphatic rings. The van der Waals surface area contributed by atoms with Gasteiger partial charge in [0.05, 0.1) is 24.0 Å². The smallest absolute Gasteiger partial charge is 0.411 e. The third-order valence-electron chi connectivity index (χ3n) is 20.6. The number of thioether (sulfide) groups is 1. The summed E-state index contributed by atoms with van der Waals surface area (Å²) in [5, 5.41) is 11.6. The average Bonchev–Trinajstić information content (AvgIpc) is 1.74. The zero-order valence-corrected chi connectivity index (χ0v) is 64.3. The Balaban J connectivity index is 0.966. The number of hydrogen-bond donors (Lipinski definition) is 5. The molecule has 3 heterocycles. The molecule has 24 heteroatoms. The van der Waals surface area contributed by atoms with E-state index in [0.29, 0.717) is 76.4 Å². The standard InChI is InChI=1S/C83H111N9O14S/c1-55-27-31-58(32-28-55)51-105-81(103)88-66(41-42-83(3,4)5)73(95)48-62(23-14-16-44-89(6)7)77(99)86-67(47-61-37-36-60-21-11-12-24-65(60)61)72(94)39-40-75(97)90-45-17-25-69(90)74(96)49-63(22-13-15-43-85-79(101)71-53-107-54-92(71)82(104)106-52-59-33-29-56(2)30-34-59)78(100)87-68(80(102)91-46-18-26-70(91)76(84)98)50-64(93)38-35-57-19-9-8-10-20-57/h8-12,19-21,24,27-34,37,62-63,66-71H,13-18,22-23,25-26,35-36,38-54H2,1-7H3,(H2,84,98)(H,85,101)(H,86,99)(H,87,100)(H,88,103)/t62-,63?,66+,67+,68+,69+,70+,71?/m1/s1. The number of primary amides is 1. The molecular weight excluding hydrogens is 1380 g/mol. The molecule has 0 saturated carbocycles. The number of carbonyl (C=O) groups is 12. The summed E-state index contributed by atoms with van der Waals surface area (Å²) in [5.74, 6) is -6.36. The van der Waals surface area contributed by atoms with E-state index < -0.39 is 108 Å². The number of ether oxygens (including phenoxy) is 2. The van der Waals surface area contributed by atoms with E-state index in [-0.39, 0.29) is 113 Å². The molecular formula is C83H111N9O14S. The highest BCUT2D eigenvalue weighted by Crippen LogP contribution is 2.33. The van der Waals surface area contributed by atoms with E-state index in [4.69, 9.17) is 15.2 Å². The fourth-order valence-corrected chi connectivity index (χ4v) is 15.4. The van der Waals surface area contributed by atoms with Crippen LogP contribution in [-0.2, 0) is 83.5 Å². The summed E-state index contributed by atoms with van der Waals surface area (Å²) in [6, 6.07) is 26.0. The van der Waals surface area contributed by atoms with Gasteiger partial charge < -0.3 is 51.2 Å². The molecule has 8 rings (SSSR count). The number of fused-ring (bicyclic) bond motifs is 1. The molecule has 0 radical (unpaired) electrons. The number of nitrogens with zero attached hydrogens (tertiary/aromatic N) is 4. The number of carbonyl (C=O) groups excluding carboxylic acids is 12. The van der Waals surface area contributed by atoms with Crippen molar-refractivity contribution in [3.8, 4) is 0 Å². The number of aryl methyl sites for hydroxylation is 3. The van der Waals surface area contributed by atoms with Gasteiger partial charge in [0.15, 0.2) is 17.3 Å². The topological polar surface area (TPSA) is 310 Å². The molecule has 578 valence electrons. The Kier molecular flexibility index (Phi) is 32.3. The van der Waals surface area contributed by atoms with Gasteiger partial charge >= 0.3 is 12.2 Å². The lowest BCUT2D eigenvalue weighted by Gasteiger charge is -2.29. The van der Waals surface area contributed by atoms with Crippen molar-refractivity contribution in [2.24, 2.45) is 23.0 Å². The lowest BCUT2D eigenvalue weighted by molar-refractivity contribution is -0.143. The maximum atomic E-state index is 15.0. The maximum Gasteiger partial charge on any atom is 0.411 e. The van der Waals surface area contributed by atoms with Crippen LogP contribution in [0.25, 0.3) is 5.57 Å². The summed E-state index contributed by atoms with van der Waals surface area (Å²) in [5.41, 5.74) is 13.0. The first-order valence-electron chi connectivity index (χ1n) is 38.1. The second-order valence-electron chi connectivity index (χ2n) is 30.7. The van der Waals surface area contributed by atoms with Gasteiger partial charge in [-0.15, -0.1) is 11.8 Å². The summed E-state index contributed by atoms with van der Waals surface area (Å²) in [6.45, 7) is 11.3. The fraction of sp³-hybridized carbons (Fsp3) is 0.542. The molecule has 23 nitrogen and oxygen atoms in total. The first-order chi connectivity index (χ1) is 51.2. The summed E-state index contributed by atoms with van der Waals surface area (Å²) in [4.78, 5) is 177. The molecule has 6 N–H and O–H groups in total. The van der Waals surface area contributed by atoms with Gasteiger partial charge in [-0.25, -0.2) is 9.59 Å². The molecule has 2 unspecified atom stereocenters. The number of unbranched alkanes of at least 4 members (excludes halogenated alkanes) is 2. The van der Waals surface area contributed by atoms with Gasteiger partial charge in [0.1, 0.15) is 37.1 Å². The summed E-state index contributed by atoms with van der Waals surface area (Å²) >= 11 is 1.42. The number of likely N-dealkylation sites (tertiary alicyclic amines) is 2. The molecule has 0 aromatic heterocycles. The van der Waals surface area contributed by atoms with Crippen LogP contribution in [0.2, 0.25) is 0 Å². The summed E-state index contributed by atoms with van der Waals surface area (Å²) in [6.07, 6.45) is 4.82. The van der Waals surface area contributed by atoms with E-state index in [1.165, 1.54) is 26.5 Å². The van der Waals surface area contributed by atoms with Crippen molar-refractivity contribution >= 4 is 88.1 Å². The first-order valence-corrected chi connectivity index (χ1v) is 39.2. The highest BCUT2D eigenvalue weighted by molar-refractivity contribution is 7.99. The minimum atomic E-state index is -1.42. The van der Waals surface area contributed by atoms with Crippen LogP contribution < -0.4 is 27.0 Å². The van der Waals surface area contributed by atoms with Crippen LogP contribution in [0.3, 0.4) is 0 Å². The number of amides is 8. The lowest BCUT2D eigenvalue weighted by Crippen LogP contribution is -2.54. The molecule has 3 saturated heterocycles. The van der Waals surface area contributed by atoms with E-state index in [1.54, 1.807) is 0 Å². The zero-order valence-electron chi connectivity index (χ0n) is 63.5. The summed E-state index contributed by atoms with van der Waals surface area (Å²) < 4.78 is 11.2. The number of nitrogens with one attached hydrogen (secondary N) is 4. The third kappa shape index (κ3) is 26.4. The number of allylic oxidation sites excluding steroid dienone is 1. The number of alkyl carbamates (subject to hydrolysis) is 1. The Morgan fingerprint density at radius 3 is 1.89 bits per heavy atom. The second-order valence-corrected chi connectivity index (χ2v) is 31.7. The Hall–Kier alpha value is -9.03. The van der Waals surface area contributed by atoms with Crippen LogP contribution in [0, 0.1) is 31.1 Å². The van der Waals surface area contributed by atoms with Crippen molar-refractivity contribution in [1.29, 1.82) is 0 Å². The fourth-order valence-electron chi connectivity index (χ4n) is 14.3. The third-order valence-corrected chi connectivity index (χ3v) is 21.6. The highest BCUT2D eigenvalue weighted by atomic mass is 32.2. The van der Waals surface area contributed by atoms with Crippen LogP contribution in [0.15, 0.2) is 109 Å². The molecule has 8 atom stereocenters. The Morgan fingerprint density at radius 2 is 1.22 bits per heavy atom. The van der Waals surface area contributed by atoms with Gasteiger partial charge in [-0.05, 0) is 150 Å². The molecule has 107 heavy (non-hydrogen) atoms. The predicted molar refractivity (Wildman–Crippen MR) is 411 cm³/mol.